The number of nitrogens with one attached hydrogen (secondary N) is 1. The smallest absolute Gasteiger partial charge is 0.261 e. The minimum absolute atomic E-state index is 0.0778. The molecule has 1 aromatic heterocycles. The molecule has 1 N–H and O–H groups in total. The lowest BCUT2D eigenvalue weighted by atomic mass is 10.2. The first-order valence-electron chi connectivity index (χ1n) is 4.74. The molecule has 0 radical (unpaired) electrons. The second-order valence-electron chi connectivity index (χ2n) is 3.62. The Morgan fingerprint density at radius 2 is 2.47 bits per heavy atom. The van der Waals surface area contributed by atoms with Gasteiger partial charge in [0.2, 0.25) is 0 Å². The van der Waals surface area contributed by atoms with E-state index < -0.39 is 12.2 Å². The van der Waals surface area contributed by atoms with E-state index in [9.17, 15) is 9.18 Å². The van der Waals surface area contributed by atoms with Gasteiger partial charge in [-0.2, -0.15) is 0 Å². The van der Waals surface area contributed by atoms with Gasteiger partial charge >= 0.3 is 0 Å². The fourth-order valence-electron chi connectivity index (χ4n) is 1.45. The normalized spacial score (nSPS) is 25.5. The van der Waals surface area contributed by atoms with Crippen LogP contribution in [0.15, 0.2) is 11.4 Å². The number of rotatable bonds is 2. The Labute approximate surface area is 91.2 Å². The number of ether oxygens (including phenoxy) is 1. The topological polar surface area (TPSA) is 38.3 Å². The number of thiophene rings is 1. The zero-order chi connectivity index (χ0) is 10.8. The summed E-state index contributed by atoms with van der Waals surface area (Å²) in [5.41, 5.74) is 1.05. The van der Waals surface area contributed by atoms with Gasteiger partial charge in [-0.3, -0.25) is 4.79 Å². The molecule has 2 heterocycles. The molecule has 1 fully saturated rings. The highest BCUT2D eigenvalue weighted by Gasteiger charge is 2.29. The Hall–Kier alpha value is -0.940. The van der Waals surface area contributed by atoms with Gasteiger partial charge in [-0.05, 0) is 23.9 Å². The minimum Gasteiger partial charge on any atom is -0.376 e. The fraction of sp³-hybridized carbons (Fsp3) is 0.500. The van der Waals surface area contributed by atoms with Crippen molar-refractivity contribution in [3.8, 4) is 0 Å². The molecule has 1 amide bonds. The van der Waals surface area contributed by atoms with Gasteiger partial charge in [0.05, 0.1) is 24.1 Å². The lowest BCUT2D eigenvalue weighted by Crippen LogP contribution is -2.40. The molecule has 0 spiro atoms. The Bertz CT molecular complexity index is 366. The third-order valence-electron chi connectivity index (χ3n) is 2.28. The molecule has 1 aliphatic rings. The van der Waals surface area contributed by atoms with Crippen molar-refractivity contribution in [1.29, 1.82) is 0 Å². The predicted octanol–water partition coefficient (Wildman–Crippen LogP) is 1.52. The van der Waals surface area contributed by atoms with Gasteiger partial charge in [0, 0.05) is 0 Å². The lowest BCUT2D eigenvalue weighted by molar-refractivity contribution is 0.0924. The maximum absolute atomic E-state index is 13.1. The molecule has 2 atom stereocenters. The van der Waals surface area contributed by atoms with E-state index in [1.807, 2.05) is 12.3 Å². The average Bonchev–Trinajstić information content (AvgIpc) is 2.77. The number of halogens is 1. The molecule has 2 unspecified atom stereocenters. The van der Waals surface area contributed by atoms with Crippen LogP contribution in [0.1, 0.15) is 15.2 Å². The van der Waals surface area contributed by atoms with Crippen LogP contribution in [0, 0.1) is 6.92 Å². The maximum Gasteiger partial charge on any atom is 0.261 e. The van der Waals surface area contributed by atoms with Crippen molar-refractivity contribution in [2.75, 3.05) is 13.2 Å². The highest BCUT2D eigenvalue weighted by atomic mass is 32.1. The second-order valence-corrected chi connectivity index (χ2v) is 4.53. The summed E-state index contributed by atoms with van der Waals surface area (Å²) < 4.78 is 18.1. The molecule has 1 saturated heterocycles. The molecule has 3 nitrogen and oxygen atoms in total. The molecular weight excluding hydrogens is 217 g/mol. The fourth-order valence-corrected chi connectivity index (χ4v) is 2.25. The van der Waals surface area contributed by atoms with Crippen molar-refractivity contribution >= 4 is 17.2 Å². The largest absolute Gasteiger partial charge is 0.376 e. The quantitative estimate of drug-likeness (QED) is 0.835. The van der Waals surface area contributed by atoms with Crippen molar-refractivity contribution < 1.29 is 13.9 Å². The predicted molar refractivity (Wildman–Crippen MR) is 56.0 cm³/mol. The Morgan fingerprint density at radius 1 is 1.67 bits per heavy atom. The van der Waals surface area contributed by atoms with Gasteiger partial charge in [-0.15, -0.1) is 11.3 Å². The van der Waals surface area contributed by atoms with Crippen LogP contribution in [0.5, 0.6) is 0 Å². The van der Waals surface area contributed by atoms with Gasteiger partial charge in [-0.25, -0.2) is 4.39 Å². The van der Waals surface area contributed by atoms with Crippen molar-refractivity contribution in [1.82, 2.24) is 5.32 Å². The lowest BCUT2D eigenvalue weighted by Gasteiger charge is -2.11. The molecule has 15 heavy (non-hydrogen) atoms. The van der Waals surface area contributed by atoms with Gasteiger partial charge in [0.25, 0.3) is 5.91 Å². The molecule has 82 valence electrons. The third kappa shape index (κ3) is 2.35. The number of carbonyl (C=O) groups is 1. The van der Waals surface area contributed by atoms with Crippen LogP contribution in [0.3, 0.4) is 0 Å². The van der Waals surface area contributed by atoms with Gasteiger partial charge in [0.1, 0.15) is 6.17 Å². The van der Waals surface area contributed by atoms with Crippen molar-refractivity contribution in [3.05, 3.63) is 21.9 Å². The van der Waals surface area contributed by atoms with E-state index in [1.54, 1.807) is 6.07 Å². The first kappa shape index (κ1) is 10.6. The summed E-state index contributed by atoms with van der Waals surface area (Å²) in [7, 11) is 0. The maximum atomic E-state index is 13.1. The van der Waals surface area contributed by atoms with E-state index in [0.29, 0.717) is 4.88 Å². The summed E-state index contributed by atoms with van der Waals surface area (Å²) in [5.74, 6) is -0.216. The average molecular weight is 229 g/mol. The van der Waals surface area contributed by atoms with Crippen LogP contribution < -0.4 is 5.32 Å². The molecular formula is C10H12FNO2S. The summed E-state index contributed by atoms with van der Waals surface area (Å²) in [5, 5.41) is 4.53. The molecule has 0 saturated carbocycles. The summed E-state index contributed by atoms with van der Waals surface area (Å²) in [6.07, 6.45) is -1.09. The second kappa shape index (κ2) is 4.28. The molecule has 2 rings (SSSR count). The van der Waals surface area contributed by atoms with Crippen molar-refractivity contribution in [3.63, 3.8) is 0 Å². The summed E-state index contributed by atoms with van der Waals surface area (Å²) in [6.45, 7) is 2.26. The van der Waals surface area contributed by atoms with Gasteiger partial charge in [-0.1, -0.05) is 0 Å². The van der Waals surface area contributed by atoms with Crippen LogP contribution in [-0.4, -0.2) is 31.3 Å². The van der Waals surface area contributed by atoms with E-state index in [-0.39, 0.29) is 19.1 Å². The zero-order valence-electron chi connectivity index (χ0n) is 8.33. The van der Waals surface area contributed by atoms with E-state index >= 15 is 0 Å². The molecule has 0 aromatic carbocycles. The monoisotopic (exact) mass is 229 g/mol. The van der Waals surface area contributed by atoms with E-state index in [2.05, 4.69) is 5.32 Å². The first-order chi connectivity index (χ1) is 7.16. The SMILES string of the molecule is Cc1csc(C(=O)NC2COCC2F)c1. The van der Waals surface area contributed by atoms with Crippen LogP contribution in [0.25, 0.3) is 0 Å². The number of hydrogen-bond acceptors (Lipinski definition) is 3. The molecule has 5 heteroatoms. The zero-order valence-corrected chi connectivity index (χ0v) is 9.14. The Morgan fingerprint density at radius 3 is 3.00 bits per heavy atom. The third-order valence-corrected chi connectivity index (χ3v) is 3.33. The molecule has 0 aliphatic carbocycles. The number of hydrogen-bond donors (Lipinski definition) is 1. The first-order valence-corrected chi connectivity index (χ1v) is 5.62. The van der Waals surface area contributed by atoms with Crippen molar-refractivity contribution in [2.24, 2.45) is 0 Å². The highest BCUT2D eigenvalue weighted by molar-refractivity contribution is 7.12. The molecule has 1 aliphatic heterocycles. The number of alkyl halides is 1. The number of carbonyl (C=O) groups excluding carboxylic acids is 1. The summed E-state index contributed by atoms with van der Waals surface area (Å²) >= 11 is 1.37. The van der Waals surface area contributed by atoms with Gasteiger partial charge < -0.3 is 10.1 Å². The van der Waals surface area contributed by atoms with Crippen molar-refractivity contribution in [2.45, 2.75) is 19.1 Å². The highest BCUT2D eigenvalue weighted by Crippen LogP contribution is 2.15. The van der Waals surface area contributed by atoms with E-state index in [1.165, 1.54) is 11.3 Å². The van der Waals surface area contributed by atoms with Crippen LogP contribution >= 0.6 is 11.3 Å². The summed E-state index contributed by atoms with van der Waals surface area (Å²) in [6, 6.07) is 1.29. The molecule has 0 bridgehead atoms. The van der Waals surface area contributed by atoms with Crippen LogP contribution in [-0.2, 0) is 4.74 Å². The Kier molecular flexibility index (Phi) is 3.02. The van der Waals surface area contributed by atoms with Gasteiger partial charge in [0.15, 0.2) is 0 Å². The van der Waals surface area contributed by atoms with E-state index in [4.69, 9.17) is 4.74 Å². The van der Waals surface area contributed by atoms with E-state index in [0.717, 1.165) is 5.56 Å². The van der Waals surface area contributed by atoms with Crippen LogP contribution in [0.2, 0.25) is 0 Å². The summed E-state index contributed by atoms with van der Waals surface area (Å²) in [4.78, 5) is 12.3. The molecule has 1 aromatic rings. The number of amides is 1. The number of aryl methyl sites for hydroxylation is 1. The minimum atomic E-state index is -1.09. The standard InChI is InChI=1S/C10H12FNO2S/c1-6-2-9(15-5-6)10(13)12-8-4-14-3-7(8)11/h2,5,7-8H,3-4H2,1H3,(H,12,13). The Balaban J connectivity index is 1.97. The van der Waals surface area contributed by atoms with Crippen LogP contribution in [0.4, 0.5) is 4.39 Å².